The molecule has 1 heterocycles. The molecule has 1 saturated heterocycles. The molecular formula is C15H19BrFNO. The van der Waals surface area contributed by atoms with E-state index in [1.54, 1.807) is 6.07 Å². The Morgan fingerprint density at radius 2 is 2.21 bits per heavy atom. The van der Waals surface area contributed by atoms with Gasteiger partial charge in [-0.25, -0.2) is 4.39 Å². The van der Waals surface area contributed by atoms with Crippen LogP contribution in [0, 0.1) is 11.7 Å². The molecule has 0 aliphatic carbocycles. The molecule has 1 fully saturated rings. The van der Waals surface area contributed by atoms with Crippen molar-refractivity contribution in [3.8, 4) is 0 Å². The van der Waals surface area contributed by atoms with Crippen LogP contribution < -0.4 is 5.32 Å². The number of halogens is 2. The van der Waals surface area contributed by atoms with Gasteiger partial charge in [-0.3, -0.25) is 4.79 Å². The smallest absolute Gasteiger partial charge is 0.221 e. The maximum Gasteiger partial charge on any atom is 0.221 e. The summed E-state index contributed by atoms with van der Waals surface area (Å²) in [6.45, 7) is 6.37. The van der Waals surface area contributed by atoms with Crippen molar-refractivity contribution in [1.82, 2.24) is 5.32 Å². The Balaban J connectivity index is 2.40. The van der Waals surface area contributed by atoms with Crippen molar-refractivity contribution in [3.63, 3.8) is 0 Å². The van der Waals surface area contributed by atoms with Crippen LogP contribution >= 0.6 is 15.9 Å². The summed E-state index contributed by atoms with van der Waals surface area (Å²) < 4.78 is 14.0. The van der Waals surface area contributed by atoms with Crippen molar-refractivity contribution in [3.05, 3.63) is 34.1 Å². The molecule has 0 saturated carbocycles. The zero-order valence-corrected chi connectivity index (χ0v) is 13.1. The molecule has 2 nitrogen and oxygen atoms in total. The Morgan fingerprint density at radius 3 is 2.79 bits per heavy atom. The van der Waals surface area contributed by atoms with Crippen molar-refractivity contribution < 1.29 is 9.18 Å². The highest BCUT2D eigenvalue weighted by molar-refractivity contribution is 9.10. The van der Waals surface area contributed by atoms with Crippen LogP contribution in [0.25, 0.3) is 0 Å². The second-order valence-corrected chi connectivity index (χ2v) is 6.82. The van der Waals surface area contributed by atoms with E-state index in [1.807, 2.05) is 0 Å². The van der Waals surface area contributed by atoms with Gasteiger partial charge in [-0.2, -0.15) is 0 Å². The molecule has 1 amide bonds. The number of hydrogen-bond acceptors (Lipinski definition) is 1. The van der Waals surface area contributed by atoms with E-state index in [0.717, 1.165) is 16.5 Å². The molecule has 19 heavy (non-hydrogen) atoms. The minimum atomic E-state index is -0.284. The Labute approximate surface area is 121 Å². The maximum atomic E-state index is 13.2. The lowest BCUT2D eigenvalue weighted by molar-refractivity contribution is -0.119. The van der Waals surface area contributed by atoms with Crippen LogP contribution in [-0.2, 0) is 10.2 Å². The first-order valence-electron chi connectivity index (χ1n) is 6.58. The molecule has 1 N–H and O–H groups in total. The van der Waals surface area contributed by atoms with Gasteiger partial charge in [-0.15, -0.1) is 0 Å². The van der Waals surface area contributed by atoms with Gasteiger partial charge >= 0.3 is 0 Å². The van der Waals surface area contributed by atoms with Crippen LogP contribution in [0.4, 0.5) is 4.39 Å². The van der Waals surface area contributed by atoms with E-state index in [1.165, 1.54) is 12.1 Å². The maximum absolute atomic E-state index is 13.2. The minimum absolute atomic E-state index is 0.0735. The average molecular weight is 328 g/mol. The fourth-order valence-corrected chi connectivity index (χ4v) is 3.69. The molecule has 0 spiro atoms. The molecule has 104 valence electrons. The van der Waals surface area contributed by atoms with E-state index in [9.17, 15) is 9.18 Å². The molecule has 2 atom stereocenters. The van der Waals surface area contributed by atoms with Gasteiger partial charge in [0.25, 0.3) is 0 Å². The average Bonchev–Trinajstić information content (AvgIpc) is 2.53. The van der Waals surface area contributed by atoms with Crippen molar-refractivity contribution >= 4 is 21.8 Å². The molecule has 0 bridgehead atoms. The largest absolute Gasteiger partial charge is 0.352 e. The van der Waals surface area contributed by atoms with Gasteiger partial charge < -0.3 is 5.32 Å². The summed E-state index contributed by atoms with van der Waals surface area (Å²) in [6.07, 6.45) is 1.38. The number of carbonyl (C=O) groups is 1. The summed E-state index contributed by atoms with van der Waals surface area (Å²) in [5.41, 5.74) is 0.714. The highest BCUT2D eigenvalue weighted by Gasteiger charge is 2.45. The molecule has 2 unspecified atom stereocenters. The summed E-state index contributed by atoms with van der Waals surface area (Å²) >= 11 is 3.43. The summed E-state index contributed by atoms with van der Waals surface area (Å²) in [5.74, 6) is 0.309. The van der Waals surface area contributed by atoms with Crippen molar-refractivity contribution in [2.45, 2.75) is 45.1 Å². The van der Waals surface area contributed by atoms with Crippen LogP contribution in [0.3, 0.4) is 0 Å². The summed E-state index contributed by atoms with van der Waals surface area (Å²) in [5, 5.41) is 3.06. The van der Waals surface area contributed by atoms with Crippen LogP contribution in [-0.4, -0.2) is 11.9 Å². The third kappa shape index (κ3) is 2.83. The highest BCUT2D eigenvalue weighted by atomic mass is 79.9. The van der Waals surface area contributed by atoms with Gasteiger partial charge in [0.05, 0.1) is 0 Å². The van der Waals surface area contributed by atoms with Gasteiger partial charge in [0.1, 0.15) is 5.82 Å². The number of benzene rings is 1. The second kappa shape index (κ2) is 5.23. The van der Waals surface area contributed by atoms with Gasteiger partial charge in [0.15, 0.2) is 0 Å². The Morgan fingerprint density at radius 1 is 1.53 bits per heavy atom. The van der Waals surface area contributed by atoms with E-state index < -0.39 is 0 Å². The molecule has 2 rings (SSSR count). The van der Waals surface area contributed by atoms with Gasteiger partial charge in [-0.05, 0) is 30.0 Å². The normalized spacial score (nSPS) is 26.8. The standard InChI is InChI=1S/C15H19BrFNO/c1-9(2)6-13-15(3,8-14(19)18-13)11-5-4-10(17)7-12(11)16/h4-5,7,9,13H,6,8H2,1-3H3,(H,18,19). The predicted molar refractivity (Wildman–Crippen MR) is 77.5 cm³/mol. The number of carbonyl (C=O) groups excluding carboxylic acids is 1. The Bertz CT molecular complexity index is 503. The molecule has 1 aromatic rings. The zero-order chi connectivity index (χ0) is 14.2. The quantitative estimate of drug-likeness (QED) is 0.899. The molecular weight excluding hydrogens is 309 g/mol. The second-order valence-electron chi connectivity index (χ2n) is 5.97. The molecule has 1 aromatic carbocycles. The third-order valence-electron chi connectivity index (χ3n) is 3.89. The zero-order valence-electron chi connectivity index (χ0n) is 11.5. The number of rotatable bonds is 3. The number of amides is 1. The number of hydrogen-bond donors (Lipinski definition) is 1. The first kappa shape index (κ1) is 14.5. The SMILES string of the molecule is CC(C)CC1NC(=O)CC1(C)c1ccc(F)cc1Br. The molecule has 1 aliphatic rings. The van der Waals surface area contributed by atoms with Crippen LogP contribution in [0.15, 0.2) is 22.7 Å². The van der Waals surface area contributed by atoms with Crippen molar-refractivity contribution in [1.29, 1.82) is 0 Å². The lowest BCUT2D eigenvalue weighted by Gasteiger charge is -2.32. The summed E-state index contributed by atoms with van der Waals surface area (Å²) in [6, 6.07) is 4.81. The summed E-state index contributed by atoms with van der Waals surface area (Å²) in [4.78, 5) is 11.8. The predicted octanol–water partition coefficient (Wildman–Crippen LogP) is 3.78. The van der Waals surface area contributed by atoms with Crippen LogP contribution in [0.1, 0.15) is 39.2 Å². The lowest BCUT2D eigenvalue weighted by atomic mass is 9.73. The highest BCUT2D eigenvalue weighted by Crippen LogP contribution is 2.41. The van der Waals surface area contributed by atoms with E-state index >= 15 is 0 Å². The first-order chi connectivity index (χ1) is 8.83. The van der Waals surface area contributed by atoms with Crippen LogP contribution in [0.5, 0.6) is 0 Å². The molecule has 0 aromatic heterocycles. The Hall–Kier alpha value is -0.900. The van der Waals surface area contributed by atoms with Gasteiger partial charge in [0, 0.05) is 22.4 Å². The number of nitrogens with one attached hydrogen (secondary N) is 1. The Kier molecular flexibility index (Phi) is 4.00. The third-order valence-corrected chi connectivity index (χ3v) is 4.54. The summed E-state index contributed by atoms with van der Waals surface area (Å²) in [7, 11) is 0. The fraction of sp³-hybridized carbons (Fsp3) is 0.533. The minimum Gasteiger partial charge on any atom is -0.352 e. The van der Waals surface area contributed by atoms with Gasteiger partial charge in [0.2, 0.25) is 5.91 Å². The first-order valence-corrected chi connectivity index (χ1v) is 7.37. The molecule has 0 radical (unpaired) electrons. The topological polar surface area (TPSA) is 29.1 Å². The van der Waals surface area contributed by atoms with Gasteiger partial charge in [-0.1, -0.05) is 42.8 Å². The fourth-order valence-electron chi connectivity index (χ4n) is 2.89. The van der Waals surface area contributed by atoms with Crippen molar-refractivity contribution in [2.24, 2.45) is 5.92 Å². The molecule has 1 aliphatic heterocycles. The lowest BCUT2D eigenvalue weighted by Crippen LogP contribution is -2.39. The van der Waals surface area contributed by atoms with Crippen molar-refractivity contribution in [2.75, 3.05) is 0 Å². The van der Waals surface area contributed by atoms with E-state index in [2.05, 4.69) is 42.0 Å². The molecule has 4 heteroatoms. The van der Waals surface area contributed by atoms with E-state index in [-0.39, 0.29) is 23.2 Å². The van der Waals surface area contributed by atoms with E-state index in [4.69, 9.17) is 0 Å². The van der Waals surface area contributed by atoms with Crippen LogP contribution in [0.2, 0.25) is 0 Å². The monoisotopic (exact) mass is 327 g/mol. The van der Waals surface area contributed by atoms with E-state index in [0.29, 0.717) is 12.3 Å².